The molecular weight excluding hydrogens is 376 g/mol. The third-order valence-electron chi connectivity index (χ3n) is 2.52. The predicted octanol–water partition coefficient (Wildman–Crippen LogP) is 3.27. The minimum atomic E-state index is -0.425. The Morgan fingerprint density at radius 1 is 1.38 bits per heavy atom. The van der Waals surface area contributed by atoms with E-state index in [0.717, 1.165) is 14.4 Å². The normalized spacial score (nSPS) is 10.4. The second kappa shape index (κ2) is 7.15. The fraction of sp³-hybridized carbons (Fsp3) is 0.308. The summed E-state index contributed by atoms with van der Waals surface area (Å²) in [6.45, 7) is 1.95. The average molecular weight is 389 g/mol. The summed E-state index contributed by atoms with van der Waals surface area (Å²) in [6, 6.07) is 1.96. The van der Waals surface area contributed by atoms with E-state index in [1.807, 2.05) is 11.4 Å². The van der Waals surface area contributed by atoms with E-state index in [1.54, 1.807) is 30.7 Å². The summed E-state index contributed by atoms with van der Waals surface area (Å²) >= 11 is 6.35. The fourth-order valence-electron chi connectivity index (χ4n) is 1.58. The van der Waals surface area contributed by atoms with Gasteiger partial charge in [0.05, 0.1) is 11.5 Å². The Morgan fingerprint density at radius 2 is 2.14 bits per heavy atom. The van der Waals surface area contributed by atoms with Crippen LogP contribution in [0.15, 0.2) is 21.3 Å². The molecule has 0 aromatic carbocycles. The molecule has 0 N–H and O–H groups in total. The van der Waals surface area contributed by atoms with Crippen LogP contribution in [0.1, 0.15) is 17.4 Å². The highest BCUT2D eigenvalue weighted by Crippen LogP contribution is 2.32. The molecule has 21 heavy (non-hydrogen) atoms. The topological polar surface area (TPSA) is 59.5 Å². The third-order valence-corrected chi connectivity index (χ3v) is 5.22. The van der Waals surface area contributed by atoms with Gasteiger partial charge in [-0.2, -0.15) is 0 Å². The molecule has 0 aliphatic heterocycles. The van der Waals surface area contributed by atoms with Gasteiger partial charge in [-0.25, -0.2) is 4.98 Å². The molecule has 0 spiro atoms. The van der Waals surface area contributed by atoms with Crippen LogP contribution in [0, 0.1) is 0 Å². The molecule has 2 heterocycles. The number of esters is 1. The number of aromatic nitrogens is 1. The summed E-state index contributed by atoms with van der Waals surface area (Å²) in [5.41, 5.74) is 0.339. The summed E-state index contributed by atoms with van der Waals surface area (Å²) < 4.78 is 5.81. The van der Waals surface area contributed by atoms with Gasteiger partial charge in [-0.15, -0.1) is 22.7 Å². The average Bonchev–Trinajstić information content (AvgIpc) is 3.06. The standard InChI is InChI=1S/C13H13BrN2O3S2/c1-3-19-11(17)5-16(2)13(18)9-7-21-12(15-9)10-4-8(14)6-20-10/h4,6-7H,3,5H2,1-2H3. The van der Waals surface area contributed by atoms with Crippen LogP contribution in [-0.2, 0) is 9.53 Å². The van der Waals surface area contributed by atoms with Gasteiger partial charge >= 0.3 is 5.97 Å². The van der Waals surface area contributed by atoms with Gasteiger partial charge in [0.25, 0.3) is 5.91 Å². The first kappa shape index (κ1) is 16.1. The molecule has 0 bridgehead atoms. The Hall–Kier alpha value is -1.25. The van der Waals surface area contributed by atoms with Crippen molar-refractivity contribution >= 4 is 50.5 Å². The summed E-state index contributed by atoms with van der Waals surface area (Å²) in [4.78, 5) is 30.2. The van der Waals surface area contributed by atoms with Crippen LogP contribution >= 0.6 is 38.6 Å². The van der Waals surface area contributed by atoms with Gasteiger partial charge in [-0.3, -0.25) is 9.59 Å². The van der Waals surface area contributed by atoms with Crippen molar-refractivity contribution in [3.05, 3.63) is 27.0 Å². The molecule has 112 valence electrons. The van der Waals surface area contributed by atoms with Crippen molar-refractivity contribution in [1.29, 1.82) is 0 Å². The lowest BCUT2D eigenvalue weighted by Gasteiger charge is -2.14. The highest BCUT2D eigenvalue weighted by Gasteiger charge is 2.19. The molecule has 0 atom stereocenters. The fourth-order valence-corrected chi connectivity index (χ4v) is 3.88. The van der Waals surface area contributed by atoms with Gasteiger partial charge in [-0.05, 0) is 28.9 Å². The Kier molecular flexibility index (Phi) is 5.49. The first-order valence-electron chi connectivity index (χ1n) is 6.12. The summed E-state index contributed by atoms with van der Waals surface area (Å²) in [5.74, 6) is -0.716. The van der Waals surface area contributed by atoms with Crippen LogP contribution in [0.2, 0.25) is 0 Å². The number of amides is 1. The molecule has 0 unspecified atom stereocenters. The number of rotatable bonds is 5. The van der Waals surface area contributed by atoms with E-state index < -0.39 is 5.97 Å². The SMILES string of the molecule is CCOC(=O)CN(C)C(=O)c1csc(-c2cc(Br)cs2)n1. The molecule has 2 aromatic heterocycles. The molecular formula is C13H13BrN2O3S2. The lowest BCUT2D eigenvalue weighted by atomic mass is 10.4. The smallest absolute Gasteiger partial charge is 0.325 e. The van der Waals surface area contributed by atoms with Crippen molar-refractivity contribution in [3.63, 3.8) is 0 Å². The van der Waals surface area contributed by atoms with E-state index >= 15 is 0 Å². The second-order valence-electron chi connectivity index (χ2n) is 4.13. The highest BCUT2D eigenvalue weighted by atomic mass is 79.9. The lowest BCUT2D eigenvalue weighted by molar-refractivity contribution is -0.143. The Morgan fingerprint density at radius 3 is 2.76 bits per heavy atom. The van der Waals surface area contributed by atoms with Gasteiger partial charge in [0.15, 0.2) is 0 Å². The zero-order chi connectivity index (χ0) is 15.4. The minimum Gasteiger partial charge on any atom is -0.465 e. The number of nitrogens with zero attached hydrogens (tertiary/aromatic N) is 2. The van der Waals surface area contributed by atoms with Gasteiger partial charge in [0.1, 0.15) is 17.2 Å². The third kappa shape index (κ3) is 4.12. The zero-order valence-corrected chi connectivity index (χ0v) is 14.7. The molecule has 0 saturated carbocycles. The second-order valence-corrected chi connectivity index (χ2v) is 6.82. The molecule has 5 nitrogen and oxygen atoms in total. The number of carbonyl (C=O) groups excluding carboxylic acids is 2. The molecule has 8 heteroatoms. The van der Waals surface area contributed by atoms with Crippen LogP contribution in [0.5, 0.6) is 0 Å². The maximum absolute atomic E-state index is 12.2. The number of likely N-dealkylation sites (N-methyl/N-ethyl adjacent to an activating group) is 1. The molecule has 2 rings (SSSR count). The number of thiophene rings is 1. The van der Waals surface area contributed by atoms with Crippen LogP contribution in [0.4, 0.5) is 0 Å². The van der Waals surface area contributed by atoms with Crippen LogP contribution < -0.4 is 0 Å². The number of halogens is 1. The summed E-state index contributed by atoms with van der Waals surface area (Å²) in [6.07, 6.45) is 0. The molecule has 0 radical (unpaired) electrons. The van der Waals surface area contributed by atoms with E-state index in [4.69, 9.17) is 4.74 Å². The van der Waals surface area contributed by atoms with E-state index in [0.29, 0.717) is 12.3 Å². The van der Waals surface area contributed by atoms with Crippen molar-refractivity contribution in [3.8, 4) is 9.88 Å². The van der Waals surface area contributed by atoms with Crippen molar-refractivity contribution in [2.24, 2.45) is 0 Å². The first-order chi connectivity index (χ1) is 10.0. The number of thiazole rings is 1. The Balaban J connectivity index is 2.06. The maximum atomic E-state index is 12.2. The molecule has 1 amide bonds. The van der Waals surface area contributed by atoms with Crippen molar-refractivity contribution in [2.45, 2.75) is 6.92 Å². The molecule has 0 saturated heterocycles. The van der Waals surface area contributed by atoms with Gasteiger partial charge in [0.2, 0.25) is 0 Å². The van der Waals surface area contributed by atoms with Crippen LogP contribution in [0.3, 0.4) is 0 Å². The number of hydrogen-bond acceptors (Lipinski definition) is 6. The van der Waals surface area contributed by atoms with Crippen molar-refractivity contribution < 1.29 is 14.3 Å². The monoisotopic (exact) mass is 388 g/mol. The first-order valence-corrected chi connectivity index (χ1v) is 8.67. The number of carbonyl (C=O) groups is 2. The van der Waals surface area contributed by atoms with Gasteiger partial charge in [-0.1, -0.05) is 0 Å². The van der Waals surface area contributed by atoms with E-state index in [9.17, 15) is 9.59 Å². The van der Waals surface area contributed by atoms with E-state index in [2.05, 4.69) is 20.9 Å². The molecule has 0 aliphatic rings. The van der Waals surface area contributed by atoms with Crippen molar-refractivity contribution in [1.82, 2.24) is 9.88 Å². The Bertz CT molecular complexity index is 653. The van der Waals surface area contributed by atoms with Gasteiger partial charge in [0, 0.05) is 22.3 Å². The summed E-state index contributed by atoms with van der Waals surface area (Å²) in [5, 5.41) is 4.46. The van der Waals surface area contributed by atoms with Crippen molar-refractivity contribution in [2.75, 3.05) is 20.2 Å². The quantitative estimate of drug-likeness (QED) is 0.737. The minimum absolute atomic E-state index is 0.0793. The lowest BCUT2D eigenvalue weighted by Crippen LogP contribution is -2.33. The van der Waals surface area contributed by atoms with E-state index in [-0.39, 0.29) is 12.5 Å². The predicted molar refractivity (Wildman–Crippen MR) is 86.7 cm³/mol. The van der Waals surface area contributed by atoms with Crippen LogP contribution in [0.25, 0.3) is 9.88 Å². The Labute approximate surface area is 138 Å². The number of ether oxygens (including phenoxy) is 1. The van der Waals surface area contributed by atoms with Gasteiger partial charge < -0.3 is 9.64 Å². The van der Waals surface area contributed by atoms with Crippen LogP contribution in [-0.4, -0.2) is 42.0 Å². The maximum Gasteiger partial charge on any atom is 0.325 e. The summed E-state index contributed by atoms with van der Waals surface area (Å²) in [7, 11) is 1.56. The largest absolute Gasteiger partial charge is 0.465 e. The molecule has 0 fully saturated rings. The number of hydrogen-bond donors (Lipinski definition) is 0. The molecule has 0 aliphatic carbocycles. The zero-order valence-electron chi connectivity index (χ0n) is 11.5. The highest BCUT2D eigenvalue weighted by molar-refractivity contribution is 9.10. The molecule has 2 aromatic rings. The van der Waals surface area contributed by atoms with E-state index in [1.165, 1.54) is 16.2 Å².